The third-order valence-electron chi connectivity index (χ3n) is 3.55. The van der Waals surface area contributed by atoms with Gasteiger partial charge in [-0.2, -0.15) is 0 Å². The lowest BCUT2D eigenvalue weighted by molar-refractivity contribution is 0.136. The number of nitrogens with one attached hydrogen (secondary N) is 1. The van der Waals surface area contributed by atoms with E-state index in [4.69, 9.17) is 4.74 Å². The SMILES string of the molecule is COCc1cccc(NC(=O)N2CCCC(CO)C2)c1. The average molecular weight is 278 g/mol. The van der Waals surface area contributed by atoms with E-state index in [1.165, 1.54) is 0 Å². The molecule has 1 unspecified atom stereocenters. The number of benzene rings is 1. The molecule has 1 aromatic rings. The Hall–Kier alpha value is -1.59. The molecule has 5 nitrogen and oxygen atoms in total. The van der Waals surface area contributed by atoms with Gasteiger partial charge in [0.15, 0.2) is 0 Å². The maximum absolute atomic E-state index is 12.2. The Labute approximate surface area is 119 Å². The van der Waals surface area contributed by atoms with E-state index >= 15 is 0 Å². The number of likely N-dealkylation sites (tertiary alicyclic amines) is 1. The molecular formula is C15H22N2O3. The highest BCUT2D eigenvalue weighted by Gasteiger charge is 2.23. The summed E-state index contributed by atoms with van der Waals surface area (Å²) in [5.41, 5.74) is 1.80. The summed E-state index contributed by atoms with van der Waals surface area (Å²) in [5.74, 6) is 0.203. The van der Waals surface area contributed by atoms with Crippen molar-refractivity contribution in [3.8, 4) is 0 Å². The van der Waals surface area contributed by atoms with Crippen molar-refractivity contribution >= 4 is 11.7 Å². The van der Waals surface area contributed by atoms with Crippen LogP contribution in [0.5, 0.6) is 0 Å². The number of rotatable bonds is 4. The van der Waals surface area contributed by atoms with Crippen LogP contribution in [-0.4, -0.2) is 42.8 Å². The molecule has 0 spiro atoms. The van der Waals surface area contributed by atoms with E-state index in [1.54, 1.807) is 12.0 Å². The monoisotopic (exact) mass is 278 g/mol. The van der Waals surface area contributed by atoms with Gasteiger partial charge >= 0.3 is 6.03 Å². The molecular weight excluding hydrogens is 256 g/mol. The van der Waals surface area contributed by atoms with E-state index in [1.807, 2.05) is 24.3 Å². The highest BCUT2D eigenvalue weighted by Crippen LogP contribution is 2.18. The molecule has 0 aromatic heterocycles. The molecule has 1 fully saturated rings. The summed E-state index contributed by atoms with van der Waals surface area (Å²) in [7, 11) is 1.65. The summed E-state index contributed by atoms with van der Waals surface area (Å²) in [6, 6.07) is 7.54. The Balaban J connectivity index is 1.95. The zero-order valence-electron chi connectivity index (χ0n) is 11.8. The van der Waals surface area contributed by atoms with Crippen LogP contribution in [0.3, 0.4) is 0 Å². The molecule has 2 amide bonds. The van der Waals surface area contributed by atoms with E-state index < -0.39 is 0 Å². The minimum absolute atomic E-state index is 0.0993. The topological polar surface area (TPSA) is 61.8 Å². The Morgan fingerprint density at radius 3 is 3.15 bits per heavy atom. The Kier molecular flexibility index (Phi) is 5.38. The van der Waals surface area contributed by atoms with Gasteiger partial charge in [-0.3, -0.25) is 0 Å². The van der Waals surface area contributed by atoms with Crippen molar-refractivity contribution in [1.82, 2.24) is 4.90 Å². The van der Waals surface area contributed by atoms with Gasteiger partial charge in [0.2, 0.25) is 0 Å². The van der Waals surface area contributed by atoms with Crippen molar-refractivity contribution in [3.63, 3.8) is 0 Å². The summed E-state index contributed by atoms with van der Waals surface area (Å²) in [5, 5.41) is 12.1. The molecule has 1 aliphatic heterocycles. The Bertz CT molecular complexity index is 450. The van der Waals surface area contributed by atoms with Crippen LogP contribution in [0.2, 0.25) is 0 Å². The summed E-state index contributed by atoms with van der Waals surface area (Å²) in [6.07, 6.45) is 1.94. The lowest BCUT2D eigenvalue weighted by atomic mass is 9.99. The Morgan fingerprint density at radius 1 is 1.55 bits per heavy atom. The van der Waals surface area contributed by atoms with Gasteiger partial charge in [0, 0.05) is 32.5 Å². The third-order valence-corrected chi connectivity index (χ3v) is 3.55. The van der Waals surface area contributed by atoms with Gasteiger partial charge in [0.05, 0.1) is 6.61 Å². The predicted molar refractivity (Wildman–Crippen MR) is 77.6 cm³/mol. The van der Waals surface area contributed by atoms with E-state index in [0.717, 1.165) is 30.6 Å². The molecule has 0 aliphatic carbocycles. The van der Waals surface area contributed by atoms with Crippen LogP contribution in [0.15, 0.2) is 24.3 Å². The number of hydrogen-bond acceptors (Lipinski definition) is 3. The first-order valence-electron chi connectivity index (χ1n) is 6.97. The number of hydrogen-bond donors (Lipinski definition) is 2. The molecule has 20 heavy (non-hydrogen) atoms. The minimum Gasteiger partial charge on any atom is -0.396 e. The molecule has 1 aromatic carbocycles. The van der Waals surface area contributed by atoms with Gasteiger partial charge in [-0.15, -0.1) is 0 Å². The van der Waals surface area contributed by atoms with Crippen LogP contribution < -0.4 is 5.32 Å². The molecule has 0 saturated carbocycles. The van der Waals surface area contributed by atoms with Crippen molar-refractivity contribution in [3.05, 3.63) is 29.8 Å². The molecule has 1 heterocycles. The second-order valence-corrected chi connectivity index (χ2v) is 5.20. The number of aliphatic hydroxyl groups excluding tert-OH is 1. The zero-order valence-corrected chi connectivity index (χ0v) is 11.8. The molecule has 1 saturated heterocycles. The van der Waals surface area contributed by atoms with Crippen LogP contribution in [-0.2, 0) is 11.3 Å². The fourth-order valence-electron chi connectivity index (χ4n) is 2.51. The quantitative estimate of drug-likeness (QED) is 0.886. The minimum atomic E-state index is -0.0993. The number of carbonyl (C=O) groups is 1. The van der Waals surface area contributed by atoms with Crippen molar-refractivity contribution in [1.29, 1.82) is 0 Å². The number of carbonyl (C=O) groups excluding carboxylic acids is 1. The fraction of sp³-hybridized carbons (Fsp3) is 0.533. The molecule has 0 bridgehead atoms. The number of amides is 2. The number of aliphatic hydroxyl groups is 1. The highest BCUT2D eigenvalue weighted by molar-refractivity contribution is 5.89. The van der Waals surface area contributed by atoms with E-state index in [9.17, 15) is 9.90 Å². The van der Waals surface area contributed by atoms with Gasteiger partial charge < -0.3 is 20.1 Å². The first kappa shape index (κ1) is 14.8. The summed E-state index contributed by atoms with van der Waals surface area (Å²) < 4.78 is 5.08. The first-order valence-corrected chi connectivity index (χ1v) is 6.97. The number of anilines is 1. The number of nitrogens with zero attached hydrogens (tertiary/aromatic N) is 1. The molecule has 1 atom stereocenters. The van der Waals surface area contributed by atoms with Crippen LogP contribution in [0.4, 0.5) is 10.5 Å². The van der Waals surface area contributed by atoms with Crippen LogP contribution >= 0.6 is 0 Å². The van der Waals surface area contributed by atoms with E-state index in [2.05, 4.69) is 5.32 Å². The largest absolute Gasteiger partial charge is 0.396 e. The maximum Gasteiger partial charge on any atom is 0.321 e. The van der Waals surface area contributed by atoms with Gasteiger partial charge in [-0.05, 0) is 36.5 Å². The molecule has 2 N–H and O–H groups in total. The lowest BCUT2D eigenvalue weighted by Gasteiger charge is -2.31. The van der Waals surface area contributed by atoms with Gasteiger partial charge in [-0.1, -0.05) is 12.1 Å². The zero-order chi connectivity index (χ0) is 14.4. The van der Waals surface area contributed by atoms with Gasteiger partial charge in [0.1, 0.15) is 0 Å². The molecule has 1 aliphatic rings. The lowest BCUT2D eigenvalue weighted by Crippen LogP contribution is -2.43. The van der Waals surface area contributed by atoms with Crippen molar-refractivity contribution in [2.24, 2.45) is 5.92 Å². The molecule has 5 heteroatoms. The molecule has 2 rings (SSSR count). The number of piperidine rings is 1. The second-order valence-electron chi connectivity index (χ2n) is 5.20. The van der Waals surface area contributed by atoms with Crippen LogP contribution in [0.1, 0.15) is 18.4 Å². The summed E-state index contributed by atoms with van der Waals surface area (Å²) >= 11 is 0. The van der Waals surface area contributed by atoms with E-state index in [0.29, 0.717) is 13.2 Å². The third kappa shape index (κ3) is 3.95. The standard InChI is InChI=1S/C15H22N2O3/c1-20-11-12-4-2-6-14(8-12)16-15(19)17-7-3-5-13(9-17)10-18/h2,4,6,8,13,18H,3,5,7,9-11H2,1H3,(H,16,19). The van der Waals surface area contributed by atoms with E-state index in [-0.39, 0.29) is 18.6 Å². The van der Waals surface area contributed by atoms with Gasteiger partial charge in [0.25, 0.3) is 0 Å². The second kappa shape index (κ2) is 7.26. The summed E-state index contributed by atoms with van der Waals surface area (Å²) in [4.78, 5) is 14.0. The smallest absolute Gasteiger partial charge is 0.321 e. The molecule has 110 valence electrons. The number of urea groups is 1. The Morgan fingerprint density at radius 2 is 2.40 bits per heavy atom. The average Bonchev–Trinajstić information content (AvgIpc) is 2.48. The fourth-order valence-corrected chi connectivity index (χ4v) is 2.51. The molecule has 0 radical (unpaired) electrons. The van der Waals surface area contributed by atoms with Crippen LogP contribution in [0, 0.1) is 5.92 Å². The maximum atomic E-state index is 12.2. The highest BCUT2D eigenvalue weighted by atomic mass is 16.5. The van der Waals surface area contributed by atoms with Crippen LogP contribution in [0.25, 0.3) is 0 Å². The normalized spacial score (nSPS) is 18.9. The van der Waals surface area contributed by atoms with Crippen molar-refractivity contribution in [2.75, 3.05) is 32.1 Å². The summed E-state index contributed by atoms with van der Waals surface area (Å²) in [6.45, 7) is 2.05. The predicted octanol–water partition coefficient (Wildman–Crippen LogP) is 2.07. The van der Waals surface area contributed by atoms with Crippen molar-refractivity contribution in [2.45, 2.75) is 19.4 Å². The van der Waals surface area contributed by atoms with Gasteiger partial charge in [-0.25, -0.2) is 4.79 Å². The first-order chi connectivity index (χ1) is 9.72. The number of methoxy groups -OCH3 is 1. The number of ether oxygens (including phenoxy) is 1. The van der Waals surface area contributed by atoms with Crippen molar-refractivity contribution < 1.29 is 14.6 Å².